The molecule has 1 aliphatic rings. The van der Waals surface area contributed by atoms with Crippen LogP contribution in [0.25, 0.3) is 0 Å². The first-order chi connectivity index (χ1) is 15.5. The number of hydrogen-bond acceptors (Lipinski definition) is 6. The van der Waals surface area contributed by atoms with Crippen molar-refractivity contribution in [3.8, 4) is 0 Å². The van der Waals surface area contributed by atoms with Gasteiger partial charge in [-0.2, -0.15) is 0 Å². The number of furan rings is 1. The van der Waals surface area contributed by atoms with Gasteiger partial charge in [-0.1, -0.05) is 0 Å². The van der Waals surface area contributed by atoms with Crippen LogP contribution >= 0.6 is 0 Å². The minimum absolute atomic E-state index is 0.191. The number of amides is 1. The van der Waals surface area contributed by atoms with E-state index in [4.69, 9.17) is 4.42 Å². The Balaban J connectivity index is 1.39. The van der Waals surface area contributed by atoms with Crippen LogP contribution in [0, 0.1) is 19.8 Å². The standard InChI is InChI=1S/C24H29N5O3/c1-17-7-9-29(15-20-13-25-18(2)11-26-20)24(31)22(17)23(30)27-12-19-5-3-8-28(14-19)16-21-6-4-10-32-21/h4,6-7,9-11,13,19H,3,5,8,12,14-16H2,1-2H3,(H,27,30). The molecule has 3 aromatic rings. The van der Waals surface area contributed by atoms with Crippen molar-refractivity contribution in [3.05, 3.63) is 81.7 Å². The lowest BCUT2D eigenvalue weighted by molar-refractivity contribution is 0.0925. The maximum atomic E-state index is 13.0. The van der Waals surface area contributed by atoms with Gasteiger partial charge in [0.05, 0.1) is 36.9 Å². The predicted molar refractivity (Wildman–Crippen MR) is 120 cm³/mol. The number of piperidine rings is 1. The second-order valence-corrected chi connectivity index (χ2v) is 8.49. The van der Waals surface area contributed by atoms with E-state index < -0.39 is 0 Å². The van der Waals surface area contributed by atoms with Crippen molar-refractivity contribution >= 4 is 5.91 Å². The Morgan fingerprint density at radius 1 is 1.22 bits per heavy atom. The molecule has 1 N–H and O–H groups in total. The monoisotopic (exact) mass is 435 g/mol. The van der Waals surface area contributed by atoms with Crippen LogP contribution < -0.4 is 10.9 Å². The van der Waals surface area contributed by atoms with E-state index >= 15 is 0 Å². The van der Waals surface area contributed by atoms with Crippen LogP contribution in [0.15, 0.2) is 52.3 Å². The third kappa shape index (κ3) is 5.31. The normalized spacial score (nSPS) is 16.8. The molecule has 1 fully saturated rings. The molecule has 1 atom stereocenters. The summed E-state index contributed by atoms with van der Waals surface area (Å²) in [6.45, 7) is 7.17. The molecule has 1 aliphatic heterocycles. The highest BCUT2D eigenvalue weighted by Crippen LogP contribution is 2.18. The highest BCUT2D eigenvalue weighted by atomic mass is 16.3. The van der Waals surface area contributed by atoms with Gasteiger partial charge in [0, 0.05) is 25.5 Å². The Morgan fingerprint density at radius 3 is 2.84 bits per heavy atom. The van der Waals surface area contributed by atoms with Crippen LogP contribution in [-0.2, 0) is 13.1 Å². The maximum Gasteiger partial charge on any atom is 0.264 e. The molecular weight excluding hydrogens is 406 g/mol. The van der Waals surface area contributed by atoms with Crippen molar-refractivity contribution in [2.24, 2.45) is 5.92 Å². The third-order valence-corrected chi connectivity index (χ3v) is 5.88. The first kappa shape index (κ1) is 22.0. The highest BCUT2D eigenvalue weighted by Gasteiger charge is 2.23. The first-order valence-corrected chi connectivity index (χ1v) is 11.0. The van der Waals surface area contributed by atoms with Crippen LogP contribution in [0.2, 0.25) is 0 Å². The topological polar surface area (TPSA) is 93.3 Å². The van der Waals surface area contributed by atoms with E-state index in [1.54, 1.807) is 37.8 Å². The Hall–Kier alpha value is -3.26. The van der Waals surface area contributed by atoms with Crippen molar-refractivity contribution < 1.29 is 9.21 Å². The third-order valence-electron chi connectivity index (χ3n) is 5.88. The molecule has 1 amide bonds. The number of pyridine rings is 1. The van der Waals surface area contributed by atoms with Gasteiger partial charge < -0.3 is 14.3 Å². The van der Waals surface area contributed by atoms with E-state index in [2.05, 4.69) is 20.2 Å². The maximum absolute atomic E-state index is 13.0. The lowest BCUT2D eigenvalue weighted by Crippen LogP contribution is -2.42. The van der Waals surface area contributed by atoms with Crippen molar-refractivity contribution in [3.63, 3.8) is 0 Å². The molecule has 1 saturated heterocycles. The number of carbonyl (C=O) groups is 1. The second kappa shape index (κ2) is 9.91. The van der Waals surface area contributed by atoms with Crippen LogP contribution in [0.1, 0.15) is 45.9 Å². The van der Waals surface area contributed by atoms with E-state index in [1.807, 2.05) is 19.1 Å². The molecule has 8 heteroatoms. The molecule has 4 heterocycles. The van der Waals surface area contributed by atoms with Gasteiger partial charge in [-0.05, 0) is 62.9 Å². The fourth-order valence-corrected chi connectivity index (χ4v) is 4.15. The SMILES string of the molecule is Cc1cnc(Cn2ccc(C)c(C(=O)NCC3CCCN(Cc4ccco4)C3)c2=O)cn1. The molecular formula is C24H29N5O3. The average molecular weight is 436 g/mol. The molecule has 0 radical (unpaired) electrons. The lowest BCUT2D eigenvalue weighted by atomic mass is 9.97. The van der Waals surface area contributed by atoms with Gasteiger partial charge in [-0.15, -0.1) is 0 Å². The molecule has 32 heavy (non-hydrogen) atoms. The van der Waals surface area contributed by atoms with Gasteiger partial charge in [0.25, 0.3) is 11.5 Å². The molecule has 0 aromatic carbocycles. The molecule has 0 saturated carbocycles. The summed E-state index contributed by atoms with van der Waals surface area (Å²) in [5.74, 6) is 0.977. The first-order valence-electron chi connectivity index (χ1n) is 11.0. The number of aryl methyl sites for hydroxylation is 2. The van der Waals surface area contributed by atoms with E-state index in [0.29, 0.717) is 23.7 Å². The molecule has 8 nitrogen and oxygen atoms in total. The number of carbonyl (C=O) groups excluding carboxylic acids is 1. The van der Waals surface area contributed by atoms with Gasteiger partial charge in [-0.25, -0.2) is 0 Å². The Morgan fingerprint density at radius 2 is 2.09 bits per heavy atom. The zero-order chi connectivity index (χ0) is 22.5. The predicted octanol–water partition coefficient (Wildman–Crippen LogP) is 2.54. The van der Waals surface area contributed by atoms with E-state index in [0.717, 1.165) is 43.9 Å². The highest BCUT2D eigenvalue weighted by molar-refractivity contribution is 5.95. The van der Waals surface area contributed by atoms with Gasteiger partial charge in [0.1, 0.15) is 11.3 Å². The summed E-state index contributed by atoms with van der Waals surface area (Å²) in [5, 5.41) is 3.00. The number of nitrogens with zero attached hydrogens (tertiary/aromatic N) is 4. The molecule has 0 spiro atoms. The zero-order valence-electron chi connectivity index (χ0n) is 18.6. The number of nitrogens with one attached hydrogen (secondary N) is 1. The number of likely N-dealkylation sites (tertiary alicyclic amines) is 1. The molecule has 3 aromatic heterocycles. The lowest BCUT2D eigenvalue weighted by Gasteiger charge is -2.32. The van der Waals surface area contributed by atoms with E-state index in [9.17, 15) is 9.59 Å². The zero-order valence-corrected chi connectivity index (χ0v) is 18.6. The Labute approximate surface area is 187 Å². The summed E-state index contributed by atoms with van der Waals surface area (Å²) >= 11 is 0. The smallest absolute Gasteiger partial charge is 0.264 e. The fraction of sp³-hybridized carbons (Fsp3) is 0.417. The molecule has 168 valence electrons. The van der Waals surface area contributed by atoms with Crippen molar-refractivity contribution in [2.45, 2.75) is 39.8 Å². The van der Waals surface area contributed by atoms with Gasteiger partial charge in [0.2, 0.25) is 0 Å². The minimum atomic E-state index is -0.319. The summed E-state index contributed by atoms with van der Waals surface area (Å²) in [6, 6.07) is 5.68. The largest absolute Gasteiger partial charge is 0.468 e. The van der Waals surface area contributed by atoms with E-state index in [1.165, 1.54) is 4.57 Å². The van der Waals surface area contributed by atoms with Crippen LogP contribution in [0.3, 0.4) is 0 Å². The van der Waals surface area contributed by atoms with Crippen molar-refractivity contribution in [2.75, 3.05) is 19.6 Å². The van der Waals surface area contributed by atoms with Crippen LogP contribution in [0.4, 0.5) is 0 Å². The van der Waals surface area contributed by atoms with Gasteiger partial charge >= 0.3 is 0 Å². The number of rotatable bonds is 7. The second-order valence-electron chi connectivity index (χ2n) is 8.49. The summed E-state index contributed by atoms with van der Waals surface area (Å²) < 4.78 is 6.96. The Bertz CT molecular complexity index is 1110. The van der Waals surface area contributed by atoms with Crippen LogP contribution in [-0.4, -0.2) is 45.0 Å². The molecule has 4 rings (SSSR count). The summed E-state index contributed by atoms with van der Waals surface area (Å²) in [6.07, 6.45) is 8.84. The average Bonchev–Trinajstić information content (AvgIpc) is 3.29. The van der Waals surface area contributed by atoms with Crippen molar-refractivity contribution in [1.29, 1.82) is 0 Å². The number of aromatic nitrogens is 3. The van der Waals surface area contributed by atoms with E-state index in [-0.39, 0.29) is 23.6 Å². The summed E-state index contributed by atoms with van der Waals surface area (Å²) in [5.41, 5.74) is 2.04. The van der Waals surface area contributed by atoms with Gasteiger partial charge in [-0.3, -0.25) is 24.5 Å². The summed E-state index contributed by atoms with van der Waals surface area (Å²) in [7, 11) is 0. The van der Waals surface area contributed by atoms with Crippen molar-refractivity contribution in [1.82, 2.24) is 24.8 Å². The Kier molecular flexibility index (Phi) is 6.80. The molecule has 0 aliphatic carbocycles. The van der Waals surface area contributed by atoms with Crippen LogP contribution in [0.5, 0.6) is 0 Å². The quantitative estimate of drug-likeness (QED) is 0.613. The van der Waals surface area contributed by atoms with Gasteiger partial charge in [0.15, 0.2) is 0 Å². The minimum Gasteiger partial charge on any atom is -0.468 e. The molecule has 1 unspecified atom stereocenters. The number of hydrogen-bond donors (Lipinski definition) is 1. The summed E-state index contributed by atoms with van der Waals surface area (Å²) in [4.78, 5) is 36.8. The fourth-order valence-electron chi connectivity index (χ4n) is 4.15. The molecule has 0 bridgehead atoms.